The normalized spacial score (nSPS) is 13.8. The number of nitrogens with zero attached hydrogens (tertiary/aromatic N) is 1. The number of imide groups is 1. The molecule has 174 valence electrons. The Labute approximate surface area is 201 Å². The van der Waals surface area contributed by atoms with Gasteiger partial charge in [-0.2, -0.15) is 0 Å². The van der Waals surface area contributed by atoms with E-state index in [4.69, 9.17) is 4.74 Å². The molecule has 0 saturated heterocycles. The van der Waals surface area contributed by atoms with Crippen LogP contribution in [0.25, 0.3) is 5.57 Å². The molecule has 0 radical (unpaired) electrons. The number of benzene rings is 3. The van der Waals surface area contributed by atoms with Crippen molar-refractivity contribution in [1.29, 1.82) is 0 Å². The van der Waals surface area contributed by atoms with Gasteiger partial charge in [-0.05, 0) is 68.1 Å². The summed E-state index contributed by atoms with van der Waals surface area (Å²) < 4.78 is 5.79. The molecule has 1 heterocycles. The van der Waals surface area contributed by atoms with Crippen molar-refractivity contribution < 1.29 is 14.3 Å². The topological polar surface area (TPSA) is 58.6 Å². The van der Waals surface area contributed by atoms with Gasteiger partial charge < -0.3 is 10.1 Å². The molecule has 2 amide bonds. The number of anilines is 2. The van der Waals surface area contributed by atoms with Crippen molar-refractivity contribution in [1.82, 2.24) is 0 Å². The van der Waals surface area contributed by atoms with E-state index in [1.807, 2.05) is 75.4 Å². The number of carbonyl (C=O) groups excluding carboxylic acids is 2. The SMILES string of the molecule is Cc1ccc(N2C(=O)C(Nc3ccc(C)cc3C)=C(c3ccc(OCC(C)C)cc3)C2=O)cc1. The summed E-state index contributed by atoms with van der Waals surface area (Å²) in [5, 5.41) is 3.27. The predicted molar refractivity (Wildman–Crippen MR) is 137 cm³/mol. The molecule has 0 aliphatic carbocycles. The van der Waals surface area contributed by atoms with Gasteiger partial charge in [0.2, 0.25) is 0 Å². The van der Waals surface area contributed by atoms with E-state index in [1.165, 1.54) is 4.90 Å². The minimum atomic E-state index is -0.371. The molecule has 34 heavy (non-hydrogen) atoms. The largest absolute Gasteiger partial charge is 0.493 e. The van der Waals surface area contributed by atoms with E-state index in [2.05, 4.69) is 19.2 Å². The monoisotopic (exact) mass is 454 g/mol. The van der Waals surface area contributed by atoms with Gasteiger partial charge >= 0.3 is 0 Å². The predicted octanol–water partition coefficient (Wildman–Crippen LogP) is 6.04. The molecule has 1 aliphatic rings. The molecule has 1 aliphatic heterocycles. The molecule has 3 aromatic carbocycles. The Kier molecular flexibility index (Phi) is 6.55. The number of aryl methyl sites for hydroxylation is 3. The molecule has 4 rings (SSSR count). The van der Waals surface area contributed by atoms with E-state index in [1.54, 1.807) is 12.1 Å². The van der Waals surface area contributed by atoms with Crippen LogP contribution in [0.15, 0.2) is 72.4 Å². The number of ether oxygens (including phenoxy) is 1. The average Bonchev–Trinajstić information content (AvgIpc) is 3.04. The van der Waals surface area contributed by atoms with E-state index in [0.29, 0.717) is 29.3 Å². The maximum atomic E-state index is 13.6. The summed E-state index contributed by atoms with van der Waals surface area (Å²) in [6.07, 6.45) is 0. The van der Waals surface area contributed by atoms with Gasteiger partial charge in [0.15, 0.2) is 0 Å². The van der Waals surface area contributed by atoms with E-state index in [9.17, 15) is 9.59 Å². The number of amides is 2. The van der Waals surface area contributed by atoms with Crippen LogP contribution >= 0.6 is 0 Å². The highest BCUT2D eigenvalue weighted by atomic mass is 16.5. The average molecular weight is 455 g/mol. The van der Waals surface area contributed by atoms with Crippen molar-refractivity contribution in [2.45, 2.75) is 34.6 Å². The zero-order valence-electron chi connectivity index (χ0n) is 20.3. The highest BCUT2D eigenvalue weighted by molar-refractivity contribution is 6.46. The van der Waals surface area contributed by atoms with Gasteiger partial charge in [0, 0.05) is 5.69 Å². The standard InChI is InChI=1S/C29H30N2O3/c1-18(2)17-34-24-13-9-22(10-14-24)26-27(30-25-15-8-20(4)16-21(25)5)29(33)31(28(26)32)23-11-6-19(3)7-12-23/h6-16,18,30H,17H2,1-5H3. The minimum Gasteiger partial charge on any atom is -0.493 e. The molecule has 0 aromatic heterocycles. The Bertz CT molecular complexity index is 1260. The van der Waals surface area contributed by atoms with Crippen LogP contribution in [0, 0.1) is 26.7 Å². The summed E-state index contributed by atoms with van der Waals surface area (Å²) in [6, 6.07) is 20.7. The number of rotatable bonds is 7. The molecule has 0 spiro atoms. The summed E-state index contributed by atoms with van der Waals surface area (Å²) in [7, 11) is 0. The molecular weight excluding hydrogens is 424 g/mol. The van der Waals surface area contributed by atoms with Crippen LogP contribution in [-0.4, -0.2) is 18.4 Å². The van der Waals surface area contributed by atoms with Crippen molar-refractivity contribution in [3.63, 3.8) is 0 Å². The van der Waals surface area contributed by atoms with E-state index < -0.39 is 0 Å². The van der Waals surface area contributed by atoms with Crippen molar-refractivity contribution in [3.05, 3.63) is 94.7 Å². The second-order valence-electron chi connectivity index (χ2n) is 9.20. The third-order valence-electron chi connectivity index (χ3n) is 5.74. The van der Waals surface area contributed by atoms with Gasteiger partial charge in [-0.1, -0.05) is 61.4 Å². The summed E-state index contributed by atoms with van der Waals surface area (Å²) in [5.74, 6) is 0.420. The molecule has 5 nitrogen and oxygen atoms in total. The van der Waals surface area contributed by atoms with Crippen molar-refractivity contribution >= 4 is 28.8 Å². The second kappa shape index (κ2) is 9.56. The number of nitrogens with one attached hydrogen (secondary N) is 1. The second-order valence-corrected chi connectivity index (χ2v) is 9.20. The zero-order chi connectivity index (χ0) is 24.4. The fraction of sp³-hybridized carbons (Fsp3) is 0.241. The molecule has 0 unspecified atom stereocenters. The molecule has 0 fully saturated rings. The zero-order valence-corrected chi connectivity index (χ0v) is 20.3. The molecular formula is C29H30N2O3. The maximum Gasteiger partial charge on any atom is 0.282 e. The molecule has 5 heteroatoms. The minimum absolute atomic E-state index is 0.272. The third kappa shape index (κ3) is 4.74. The van der Waals surface area contributed by atoms with Crippen LogP contribution in [-0.2, 0) is 9.59 Å². The summed E-state index contributed by atoms with van der Waals surface area (Å²) in [5.41, 5.74) is 5.81. The molecule has 0 saturated carbocycles. The van der Waals surface area contributed by atoms with Crippen LogP contribution in [0.2, 0.25) is 0 Å². The number of carbonyl (C=O) groups is 2. The lowest BCUT2D eigenvalue weighted by Crippen LogP contribution is -2.32. The van der Waals surface area contributed by atoms with Crippen molar-refractivity contribution in [2.24, 2.45) is 5.92 Å². The Morgan fingerprint density at radius 3 is 2.09 bits per heavy atom. The van der Waals surface area contributed by atoms with Crippen LogP contribution in [0.5, 0.6) is 5.75 Å². The summed E-state index contributed by atoms with van der Waals surface area (Å²) in [6.45, 7) is 10.8. The van der Waals surface area contributed by atoms with Crippen LogP contribution in [0.4, 0.5) is 11.4 Å². The molecule has 3 aromatic rings. The van der Waals surface area contributed by atoms with Gasteiger partial charge in [0.25, 0.3) is 11.8 Å². The number of hydrogen-bond donors (Lipinski definition) is 1. The Hall–Kier alpha value is -3.86. The van der Waals surface area contributed by atoms with Gasteiger partial charge in [0.05, 0.1) is 17.9 Å². The smallest absolute Gasteiger partial charge is 0.282 e. The van der Waals surface area contributed by atoms with Crippen LogP contribution < -0.4 is 15.0 Å². The third-order valence-corrected chi connectivity index (χ3v) is 5.74. The molecule has 0 atom stereocenters. The highest BCUT2D eigenvalue weighted by Gasteiger charge is 2.40. The first kappa shape index (κ1) is 23.3. The Morgan fingerprint density at radius 2 is 1.47 bits per heavy atom. The van der Waals surface area contributed by atoms with E-state index >= 15 is 0 Å². The highest BCUT2D eigenvalue weighted by Crippen LogP contribution is 2.35. The first-order chi connectivity index (χ1) is 16.2. The maximum absolute atomic E-state index is 13.6. The molecule has 1 N–H and O–H groups in total. The Balaban J connectivity index is 1.75. The van der Waals surface area contributed by atoms with Crippen molar-refractivity contribution in [2.75, 3.05) is 16.8 Å². The fourth-order valence-electron chi connectivity index (χ4n) is 3.91. The van der Waals surface area contributed by atoms with Crippen LogP contribution in [0.3, 0.4) is 0 Å². The summed E-state index contributed by atoms with van der Waals surface area (Å²) in [4.78, 5) is 28.4. The first-order valence-corrected chi connectivity index (χ1v) is 11.5. The quantitative estimate of drug-likeness (QED) is 0.442. The van der Waals surface area contributed by atoms with Gasteiger partial charge in [0.1, 0.15) is 11.4 Å². The fourth-order valence-corrected chi connectivity index (χ4v) is 3.91. The van der Waals surface area contributed by atoms with Crippen LogP contribution in [0.1, 0.15) is 36.1 Å². The van der Waals surface area contributed by atoms with Gasteiger partial charge in [-0.25, -0.2) is 4.90 Å². The summed E-state index contributed by atoms with van der Waals surface area (Å²) >= 11 is 0. The lowest BCUT2D eigenvalue weighted by Gasteiger charge is -2.16. The van der Waals surface area contributed by atoms with E-state index in [0.717, 1.165) is 28.1 Å². The van der Waals surface area contributed by atoms with E-state index in [-0.39, 0.29) is 17.5 Å². The lowest BCUT2D eigenvalue weighted by atomic mass is 10.0. The Morgan fingerprint density at radius 1 is 0.824 bits per heavy atom. The van der Waals surface area contributed by atoms with Gasteiger partial charge in [-0.15, -0.1) is 0 Å². The number of hydrogen-bond acceptors (Lipinski definition) is 4. The van der Waals surface area contributed by atoms with Crippen molar-refractivity contribution in [3.8, 4) is 5.75 Å². The molecule has 0 bridgehead atoms. The van der Waals surface area contributed by atoms with Gasteiger partial charge in [-0.3, -0.25) is 9.59 Å². The first-order valence-electron chi connectivity index (χ1n) is 11.5. The lowest BCUT2D eigenvalue weighted by molar-refractivity contribution is -0.120.